The number of anilines is 1. The fraction of sp³-hybridized carbons (Fsp3) is 0.462. The predicted octanol–water partition coefficient (Wildman–Crippen LogP) is 2.07. The number of benzene rings is 1. The van der Waals surface area contributed by atoms with Crippen molar-refractivity contribution in [1.82, 2.24) is 5.43 Å². The lowest BCUT2D eigenvalue weighted by Crippen LogP contribution is -2.36. The molecule has 0 aromatic heterocycles. The van der Waals surface area contributed by atoms with Crippen LogP contribution in [-0.2, 0) is 4.74 Å². The zero-order valence-electron chi connectivity index (χ0n) is 11.5. The first-order valence-electron chi connectivity index (χ1n) is 6.30. The summed E-state index contributed by atoms with van der Waals surface area (Å²) in [6.07, 6.45) is 2.92. The van der Waals surface area contributed by atoms with E-state index in [4.69, 9.17) is 10.6 Å². The molecule has 0 heterocycles. The summed E-state index contributed by atoms with van der Waals surface area (Å²) in [4.78, 5) is 5.52. The summed E-state index contributed by atoms with van der Waals surface area (Å²) < 4.78 is 5.26. The predicted molar refractivity (Wildman–Crippen MR) is 82.6 cm³/mol. The van der Waals surface area contributed by atoms with Crippen molar-refractivity contribution >= 4 is 23.4 Å². The third-order valence-corrected chi connectivity index (χ3v) is 3.21. The van der Waals surface area contributed by atoms with Gasteiger partial charge in [0, 0.05) is 24.7 Å². The van der Waals surface area contributed by atoms with Crippen LogP contribution >= 0.6 is 11.8 Å². The minimum absolute atomic E-state index is 0.568. The van der Waals surface area contributed by atoms with Gasteiger partial charge in [-0.25, -0.2) is 5.84 Å². The third kappa shape index (κ3) is 5.96. The molecule has 0 aliphatic heterocycles. The fourth-order valence-electron chi connectivity index (χ4n) is 1.50. The van der Waals surface area contributed by atoms with Gasteiger partial charge >= 0.3 is 0 Å². The number of thioether (sulfide) groups is 1. The van der Waals surface area contributed by atoms with Crippen molar-refractivity contribution in [3.8, 4) is 0 Å². The number of ether oxygens (including phenoxy) is 1. The molecule has 1 aromatic carbocycles. The summed E-state index contributed by atoms with van der Waals surface area (Å²) in [5, 5.41) is 3.19. The Morgan fingerprint density at radius 1 is 1.42 bits per heavy atom. The van der Waals surface area contributed by atoms with E-state index in [9.17, 15) is 0 Å². The lowest BCUT2D eigenvalue weighted by atomic mass is 10.3. The molecule has 1 rings (SSSR count). The van der Waals surface area contributed by atoms with Crippen molar-refractivity contribution < 1.29 is 4.74 Å². The Labute approximate surface area is 119 Å². The van der Waals surface area contributed by atoms with Crippen LogP contribution in [0.5, 0.6) is 0 Å². The van der Waals surface area contributed by atoms with Crippen LogP contribution in [0.3, 0.4) is 0 Å². The van der Waals surface area contributed by atoms with Crippen molar-refractivity contribution in [2.24, 2.45) is 10.8 Å². The van der Waals surface area contributed by atoms with Crippen LogP contribution in [0, 0.1) is 0 Å². The molecule has 0 unspecified atom stereocenters. The number of rotatable bonds is 7. The van der Waals surface area contributed by atoms with Gasteiger partial charge in [-0.15, -0.1) is 11.8 Å². The first-order valence-corrected chi connectivity index (χ1v) is 7.53. The van der Waals surface area contributed by atoms with Crippen LogP contribution in [0.15, 0.2) is 34.2 Å². The van der Waals surface area contributed by atoms with Gasteiger partial charge in [-0.2, -0.15) is 0 Å². The van der Waals surface area contributed by atoms with Crippen molar-refractivity contribution in [2.75, 3.05) is 31.3 Å². The molecule has 0 fully saturated rings. The second-order valence-corrected chi connectivity index (χ2v) is 4.60. The van der Waals surface area contributed by atoms with Crippen LogP contribution in [-0.4, -0.2) is 32.0 Å². The maximum absolute atomic E-state index is 5.47. The van der Waals surface area contributed by atoms with Crippen molar-refractivity contribution in [3.63, 3.8) is 0 Å². The number of hydrogen-bond donors (Lipinski definition) is 3. The summed E-state index contributed by atoms with van der Waals surface area (Å²) >= 11 is 1.68. The average molecular weight is 282 g/mol. The minimum Gasteiger partial charge on any atom is -0.382 e. The highest BCUT2D eigenvalue weighted by Crippen LogP contribution is 2.24. The van der Waals surface area contributed by atoms with Crippen LogP contribution in [0.4, 0.5) is 5.69 Å². The zero-order valence-corrected chi connectivity index (χ0v) is 12.3. The van der Waals surface area contributed by atoms with E-state index in [2.05, 4.69) is 21.8 Å². The van der Waals surface area contributed by atoms with Crippen LogP contribution in [0.1, 0.15) is 13.3 Å². The molecule has 0 atom stereocenters. The van der Waals surface area contributed by atoms with E-state index in [1.807, 2.05) is 31.4 Å². The molecule has 0 amide bonds. The highest BCUT2D eigenvalue weighted by Gasteiger charge is 2.02. The van der Waals surface area contributed by atoms with E-state index in [0.717, 1.165) is 30.2 Å². The highest BCUT2D eigenvalue weighted by molar-refractivity contribution is 7.98. The van der Waals surface area contributed by atoms with Crippen LogP contribution in [0.2, 0.25) is 0 Å². The molecule has 5 nitrogen and oxygen atoms in total. The second kappa shape index (κ2) is 9.66. The third-order valence-electron chi connectivity index (χ3n) is 2.42. The van der Waals surface area contributed by atoms with E-state index >= 15 is 0 Å². The highest BCUT2D eigenvalue weighted by atomic mass is 32.2. The summed E-state index contributed by atoms with van der Waals surface area (Å²) in [6, 6.07) is 8.03. The monoisotopic (exact) mass is 282 g/mol. The second-order valence-electron chi connectivity index (χ2n) is 3.75. The normalized spacial score (nSPS) is 11.4. The Hall–Kier alpha value is -1.24. The molecule has 6 heteroatoms. The number of hydrazine groups is 1. The van der Waals surface area contributed by atoms with Gasteiger partial charge in [0.15, 0.2) is 0 Å². The van der Waals surface area contributed by atoms with Crippen LogP contribution in [0.25, 0.3) is 0 Å². The summed E-state index contributed by atoms with van der Waals surface area (Å²) in [5.41, 5.74) is 3.58. The average Bonchev–Trinajstić information content (AvgIpc) is 2.46. The van der Waals surface area contributed by atoms with Gasteiger partial charge < -0.3 is 10.1 Å². The Morgan fingerprint density at radius 2 is 2.21 bits per heavy atom. The molecule has 0 saturated heterocycles. The largest absolute Gasteiger partial charge is 0.382 e. The summed E-state index contributed by atoms with van der Waals surface area (Å²) in [6.45, 7) is 4.12. The molecule has 0 aliphatic carbocycles. The van der Waals surface area contributed by atoms with Crippen LogP contribution < -0.4 is 16.6 Å². The molecule has 19 heavy (non-hydrogen) atoms. The van der Waals surface area contributed by atoms with Crippen molar-refractivity contribution in [3.05, 3.63) is 24.3 Å². The van der Waals surface area contributed by atoms with E-state index < -0.39 is 0 Å². The first kappa shape index (κ1) is 15.8. The molecule has 4 N–H and O–H groups in total. The molecule has 0 spiro atoms. The van der Waals surface area contributed by atoms with E-state index in [-0.39, 0.29) is 0 Å². The topological polar surface area (TPSA) is 71.7 Å². The molecule has 0 bridgehead atoms. The van der Waals surface area contributed by atoms with Crippen molar-refractivity contribution in [1.29, 1.82) is 0 Å². The zero-order chi connectivity index (χ0) is 13.9. The van der Waals surface area contributed by atoms with Gasteiger partial charge in [-0.3, -0.25) is 10.4 Å². The quantitative estimate of drug-likeness (QED) is 0.178. The number of hydrogen-bond acceptors (Lipinski definition) is 4. The molecular formula is C13H22N4OS. The Bertz CT molecular complexity index is 398. The molecular weight excluding hydrogens is 260 g/mol. The van der Waals surface area contributed by atoms with Gasteiger partial charge in [-0.1, -0.05) is 12.1 Å². The number of para-hydroxylation sites is 1. The lowest BCUT2D eigenvalue weighted by Gasteiger charge is -2.12. The van der Waals surface area contributed by atoms with Gasteiger partial charge in [0.1, 0.15) is 0 Å². The summed E-state index contributed by atoms with van der Waals surface area (Å²) in [7, 11) is 0. The number of nitrogens with one attached hydrogen (secondary N) is 2. The minimum atomic E-state index is 0.568. The summed E-state index contributed by atoms with van der Waals surface area (Å²) in [5.74, 6) is 6.04. The number of aliphatic imine (C=N–C) groups is 1. The number of guanidine groups is 1. The van der Waals surface area contributed by atoms with Gasteiger partial charge in [0.05, 0.1) is 5.69 Å². The smallest absolute Gasteiger partial charge is 0.210 e. The van der Waals surface area contributed by atoms with E-state index in [1.165, 1.54) is 0 Å². The lowest BCUT2D eigenvalue weighted by molar-refractivity contribution is 0.146. The molecule has 0 aliphatic rings. The number of nitrogens with two attached hydrogens (primary N) is 1. The Morgan fingerprint density at radius 3 is 2.89 bits per heavy atom. The van der Waals surface area contributed by atoms with Gasteiger partial charge in [0.2, 0.25) is 5.96 Å². The maximum Gasteiger partial charge on any atom is 0.210 e. The molecule has 0 radical (unpaired) electrons. The molecule has 1 aromatic rings. The molecule has 106 valence electrons. The van der Waals surface area contributed by atoms with Gasteiger partial charge in [0.25, 0.3) is 0 Å². The number of nitrogens with zero attached hydrogens (tertiary/aromatic N) is 1. The Kier molecular flexibility index (Phi) is 8.04. The molecule has 0 saturated carbocycles. The van der Waals surface area contributed by atoms with Crippen molar-refractivity contribution in [2.45, 2.75) is 18.2 Å². The van der Waals surface area contributed by atoms with E-state index in [1.54, 1.807) is 11.8 Å². The first-order chi connectivity index (χ1) is 9.31. The SMILES string of the molecule is CCOCCCN=C(NN)Nc1ccccc1SC. The Balaban J connectivity index is 2.53. The van der Waals surface area contributed by atoms with E-state index in [0.29, 0.717) is 12.5 Å². The van der Waals surface area contributed by atoms with Gasteiger partial charge in [-0.05, 0) is 31.7 Å². The standard InChI is InChI=1S/C13H22N4OS/c1-3-18-10-6-9-15-13(17-14)16-11-7-4-5-8-12(11)19-2/h4-5,7-8H,3,6,9-10,14H2,1-2H3,(H2,15,16,17). The maximum atomic E-state index is 5.47. The fourth-order valence-corrected chi connectivity index (χ4v) is 2.05.